The van der Waals surface area contributed by atoms with Gasteiger partial charge >= 0.3 is 6.18 Å². The van der Waals surface area contributed by atoms with Crippen LogP contribution in [0.15, 0.2) is 52.8 Å². The second-order valence-corrected chi connectivity index (χ2v) is 6.33. The Kier molecular flexibility index (Phi) is 3.76. The summed E-state index contributed by atoms with van der Waals surface area (Å²) in [5.41, 5.74) is 5.47. The Bertz CT molecular complexity index is 809. The third-order valence-electron chi connectivity index (χ3n) is 4.63. The molecule has 1 unspecified atom stereocenters. The Labute approximate surface area is 142 Å². The Morgan fingerprint density at radius 3 is 2.60 bits per heavy atom. The van der Waals surface area contributed by atoms with E-state index in [-0.39, 0.29) is 12.1 Å². The van der Waals surface area contributed by atoms with Crippen LogP contribution in [0, 0.1) is 0 Å². The summed E-state index contributed by atoms with van der Waals surface area (Å²) >= 11 is 0. The fraction of sp³-hybridized carbons (Fsp3) is 0.333. The second-order valence-electron chi connectivity index (χ2n) is 6.33. The van der Waals surface area contributed by atoms with Crippen LogP contribution in [0.4, 0.5) is 13.2 Å². The van der Waals surface area contributed by atoms with Gasteiger partial charge < -0.3 is 15.0 Å². The van der Waals surface area contributed by atoms with Gasteiger partial charge in [-0.2, -0.15) is 13.2 Å². The lowest BCUT2D eigenvalue weighted by Crippen LogP contribution is -2.39. The van der Waals surface area contributed by atoms with Crippen LogP contribution in [-0.4, -0.2) is 11.1 Å². The highest BCUT2D eigenvalue weighted by molar-refractivity contribution is 5.59. The quantitative estimate of drug-likeness (QED) is 0.878. The topological polar surface area (TPSA) is 51.6 Å². The first-order valence-electron chi connectivity index (χ1n) is 8.13. The molecule has 2 heterocycles. The molecule has 0 saturated heterocycles. The molecule has 0 amide bonds. The molecule has 4 nitrogen and oxygen atoms in total. The molecule has 2 aromatic rings. The van der Waals surface area contributed by atoms with Crippen LogP contribution in [0.25, 0.3) is 11.3 Å². The lowest BCUT2D eigenvalue weighted by molar-refractivity contribution is -0.172. The van der Waals surface area contributed by atoms with Crippen molar-refractivity contribution in [3.63, 3.8) is 0 Å². The monoisotopic (exact) mass is 350 g/mol. The molecule has 1 fully saturated rings. The lowest BCUT2D eigenvalue weighted by atomic mass is 9.92. The summed E-state index contributed by atoms with van der Waals surface area (Å²) < 4.78 is 44.5. The van der Waals surface area contributed by atoms with E-state index >= 15 is 0 Å². The predicted octanol–water partition coefficient (Wildman–Crippen LogP) is 4.61. The standard InChI is InChI=1S/C18H17F3N2O2/c19-18(20,21)12-4-1-3-11(9-12)15-7-8-16(24-15)14-10-17(22)25-23(14)13-5-2-6-13/h1,3-4,7-10,13-14H,2,5-6,22H2. The molecule has 0 radical (unpaired) electrons. The second kappa shape index (κ2) is 5.84. The third kappa shape index (κ3) is 3.00. The number of alkyl halides is 3. The fourth-order valence-corrected chi connectivity index (χ4v) is 3.10. The van der Waals surface area contributed by atoms with E-state index in [9.17, 15) is 13.2 Å². The van der Waals surface area contributed by atoms with Gasteiger partial charge in [-0.1, -0.05) is 18.6 Å². The molecule has 4 rings (SSSR count). The molecule has 0 bridgehead atoms. The molecule has 25 heavy (non-hydrogen) atoms. The maximum absolute atomic E-state index is 12.9. The summed E-state index contributed by atoms with van der Waals surface area (Å²) in [5.74, 6) is 1.29. The Morgan fingerprint density at radius 1 is 1.12 bits per heavy atom. The minimum atomic E-state index is -4.39. The van der Waals surface area contributed by atoms with Gasteiger partial charge in [0.2, 0.25) is 5.88 Å². The molecular weight excluding hydrogens is 333 g/mol. The van der Waals surface area contributed by atoms with Crippen LogP contribution in [0.3, 0.4) is 0 Å². The first-order chi connectivity index (χ1) is 11.9. The van der Waals surface area contributed by atoms with Crippen molar-refractivity contribution in [1.82, 2.24) is 5.06 Å². The van der Waals surface area contributed by atoms with E-state index in [1.807, 2.05) is 5.06 Å². The summed E-state index contributed by atoms with van der Waals surface area (Å²) in [7, 11) is 0. The third-order valence-corrected chi connectivity index (χ3v) is 4.63. The molecule has 1 aliphatic heterocycles. The lowest BCUT2D eigenvalue weighted by Gasteiger charge is -2.35. The van der Waals surface area contributed by atoms with Crippen LogP contribution in [-0.2, 0) is 11.0 Å². The number of furan rings is 1. The number of nitrogens with two attached hydrogens (primary N) is 1. The molecule has 132 valence electrons. The molecule has 7 heteroatoms. The molecule has 0 spiro atoms. The zero-order chi connectivity index (χ0) is 17.6. The SMILES string of the molecule is NC1=CC(c2ccc(-c3cccc(C(F)(F)F)c3)o2)N(C2CCC2)O1. The van der Waals surface area contributed by atoms with Crippen molar-refractivity contribution < 1.29 is 22.4 Å². The smallest absolute Gasteiger partial charge is 0.416 e. The molecule has 1 saturated carbocycles. The largest absolute Gasteiger partial charge is 0.459 e. The predicted molar refractivity (Wildman–Crippen MR) is 84.7 cm³/mol. The number of benzene rings is 1. The zero-order valence-corrected chi connectivity index (χ0v) is 13.3. The van der Waals surface area contributed by atoms with Gasteiger partial charge in [-0.15, -0.1) is 5.06 Å². The molecule has 2 aliphatic rings. The fourth-order valence-electron chi connectivity index (χ4n) is 3.10. The summed E-state index contributed by atoms with van der Waals surface area (Å²) in [6.07, 6.45) is 0.568. The van der Waals surface area contributed by atoms with E-state index in [0.29, 0.717) is 23.0 Å². The Balaban J connectivity index is 1.62. The van der Waals surface area contributed by atoms with Crippen LogP contribution in [0.5, 0.6) is 0 Å². The van der Waals surface area contributed by atoms with Crippen LogP contribution in [0.2, 0.25) is 0 Å². The van der Waals surface area contributed by atoms with E-state index in [1.165, 1.54) is 6.07 Å². The van der Waals surface area contributed by atoms with Gasteiger partial charge in [0, 0.05) is 17.7 Å². The van der Waals surface area contributed by atoms with Crippen molar-refractivity contribution >= 4 is 0 Å². The van der Waals surface area contributed by atoms with E-state index in [4.69, 9.17) is 15.0 Å². The maximum Gasteiger partial charge on any atom is 0.416 e. The molecular formula is C18H17F3N2O2. The van der Waals surface area contributed by atoms with Gasteiger partial charge in [0.1, 0.15) is 17.6 Å². The van der Waals surface area contributed by atoms with E-state index < -0.39 is 11.7 Å². The van der Waals surface area contributed by atoms with E-state index in [1.54, 1.807) is 24.3 Å². The van der Waals surface area contributed by atoms with Crippen molar-refractivity contribution in [2.75, 3.05) is 0 Å². The molecule has 2 N–H and O–H groups in total. The van der Waals surface area contributed by atoms with Gasteiger partial charge in [0.25, 0.3) is 0 Å². The average Bonchev–Trinajstić information content (AvgIpc) is 3.12. The molecule has 1 aromatic heterocycles. The maximum atomic E-state index is 12.9. The minimum absolute atomic E-state index is 0.259. The van der Waals surface area contributed by atoms with Gasteiger partial charge in [0.15, 0.2) is 0 Å². The van der Waals surface area contributed by atoms with Crippen molar-refractivity contribution in [1.29, 1.82) is 0 Å². The average molecular weight is 350 g/mol. The molecule has 1 atom stereocenters. The van der Waals surface area contributed by atoms with Crippen molar-refractivity contribution in [2.45, 2.75) is 37.5 Å². The van der Waals surface area contributed by atoms with Gasteiger partial charge in [-0.3, -0.25) is 0 Å². The molecule has 1 aliphatic carbocycles. The first kappa shape index (κ1) is 16.1. The normalized spacial score (nSPS) is 21.7. The van der Waals surface area contributed by atoms with Crippen LogP contribution in [0.1, 0.15) is 36.6 Å². The number of hydrogen-bond donors (Lipinski definition) is 1. The highest BCUT2D eigenvalue weighted by Gasteiger charge is 2.38. The van der Waals surface area contributed by atoms with Crippen molar-refractivity contribution in [2.24, 2.45) is 5.73 Å². The number of hydroxylamine groups is 2. The van der Waals surface area contributed by atoms with E-state index in [2.05, 4.69) is 0 Å². The number of halogens is 3. The Morgan fingerprint density at radius 2 is 1.92 bits per heavy atom. The minimum Gasteiger partial charge on any atom is -0.459 e. The van der Waals surface area contributed by atoms with Crippen molar-refractivity contribution in [3.05, 3.63) is 59.7 Å². The highest BCUT2D eigenvalue weighted by Crippen LogP contribution is 2.40. The first-order valence-corrected chi connectivity index (χ1v) is 8.13. The van der Waals surface area contributed by atoms with Crippen LogP contribution < -0.4 is 5.73 Å². The number of nitrogens with zero attached hydrogens (tertiary/aromatic N) is 1. The summed E-state index contributed by atoms with van der Waals surface area (Å²) in [6, 6.07) is 8.54. The van der Waals surface area contributed by atoms with Crippen molar-refractivity contribution in [3.8, 4) is 11.3 Å². The van der Waals surface area contributed by atoms with Gasteiger partial charge in [-0.05, 0) is 37.1 Å². The number of hydrogen-bond acceptors (Lipinski definition) is 4. The Hall–Kier alpha value is -2.41. The van der Waals surface area contributed by atoms with E-state index in [0.717, 1.165) is 31.4 Å². The summed E-state index contributed by atoms with van der Waals surface area (Å²) in [5, 5.41) is 1.81. The summed E-state index contributed by atoms with van der Waals surface area (Å²) in [6.45, 7) is 0. The highest BCUT2D eigenvalue weighted by atomic mass is 19.4. The van der Waals surface area contributed by atoms with Gasteiger partial charge in [-0.25, -0.2) is 0 Å². The molecule has 1 aromatic carbocycles. The summed E-state index contributed by atoms with van der Waals surface area (Å²) in [4.78, 5) is 5.57. The number of rotatable bonds is 3. The zero-order valence-electron chi connectivity index (χ0n) is 13.3. The van der Waals surface area contributed by atoms with Gasteiger partial charge in [0.05, 0.1) is 5.56 Å². The van der Waals surface area contributed by atoms with Crippen LogP contribution >= 0.6 is 0 Å².